The minimum Gasteiger partial charge on any atom is -0.372 e. The first-order valence-electron chi connectivity index (χ1n) is 14.4. The third-order valence-electron chi connectivity index (χ3n) is 8.43. The lowest BCUT2D eigenvalue weighted by atomic mass is 9.99. The Labute approximate surface area is 229 Å². The van der Waals surface area contributed by atoms with Gasteiger partial charge in [-0.3, -0.25) is 5.10 Å². The first kappa shape index (κ1) is 24.4. The fraction of sp³-hybridized carbons (Fsp3) is 0.375. The molecule has 0 radical (unpaired) electrons. The predicted octanol–water partition coefficient (Wildman–Crippen LogP) is 6.28. The van der Waals surface area contributed by atoms with Gasteiger partial charge in [0, 0.05) is 30.2 Å². The monoisotopic (exact) mass is 520 g/mol. The van der Waals surface area contributed by atoms with Gasteiger partial charge in [0.05, 0.1) is 29.8 Å². The lowest BCUT2D eigenvalue weighted by Gasteiger charge is -2.41. The van der Waals surface area contributed by atoms with E-state index < -0.39 is 0 Å². The molecule has 0 atom stereocenters. The van der Waals surface area contributed by atoms with Crippen molar-refractivity contribution in [2.75, 3.05) is 31.1 Å². The minimum absolute atomic E-state index is 0.557. The van der Waals surface area contributed by atoms with Crippen molar-refractivity contribution in [2.45, 2.75) is 51.4 Å². The molecule has 2 aromatic heterocycles. The number of hydrogen-bond donors (Lipinski definition) is 2. The molecule has 2 aliphatic heterocycles. The van der Waals surface area contributed by atoms with Crippen LogP contribution in [0.5, 0.6) is 0 Å². The standard InChI is InChI=1S/C32H36N6O/c1-3-7-23(8-4-1)21-39-22-24-9-11-27-29(19-24)35-36-31(27)32-33-28-12-10-26(20-30(28)34-32)38-17-13-25(14-18-38)37-15-5-2-6-16-37/h1,3-4,7-12,19-20,25H,2,5-6,13-18,21-22H2,(H,33,34)(H,35,36). The number of piperidine rings is 2. The van der Waals surface area contributed by atoms with Gasteiger partial charge in [-0.05, 0) is 74.2 Å². The van der Waals surface area contributed by atoms with Gasteiger partial charge in [-0.25, -0.2) is 4.98 Å². The number of fused-ring (bicyclic) bond motifs is 2. The number of nitrogens with one attached hydrogen (secondary N) is 2. The van der Waals surface area contributed by atoms with Gasteiger partial charge < -0.3 is 19.5 Å². The molecule has 200 valence electrons. The molecule has 3 aromatic carbocycles. The summed E-state index contributed by atoms with van der Waals surface area (Å²) in [6.45, 7) is 5.98. The van der Waals surface area contributed by atoms with Crippen molar-refractivity contribution in [1.29, 1.82) is 0 Å². The number of H-pyrrole nitrogens is 2. The molecule has 4 heterocycles. The maximum absolute atomic E-state index is 5.92. The smallest absolute Gasteiger partial charge is 0.159 e. The first-order valence-corrected chi connectivity index (χ1v) is 14.4. The van der Waals surface area contributed by atoms with Gasteiger partial charge in [-0.1, -0.05) is 48.9 Å². The minimum atomic E-state index is 0.557. The largest absolute Gasteiger partial charge is 0.372 e. The molecule has 2 aliphatic rings. The SMILES string of the molecule is c1ccc(COCc2ccc3c(-c4nc5ccc(N6CCC(N7CCCCC7)CC6)cc5[nH]4)n[nH]c3c2)cc1. The molecule has 0 aliphatic carbocycles. The number of aromatic nitrogens is 4. The number of anilines is 1. The van der Waals surface area contributed by atoms with Crippen molar-refractivity contribution >= 4 is 27.6 Å². The highest BCUT2D eigenvalue weighted by Crippen LogP contribution is 2.30. The summed E-state index contributed by atoms with van der Waals surface area (Å²) in [5, 5.41) is 8.87. The summed E-state index contributed by atoms with van der Waals surface area (Å²) in [5.41, 5.74) is 7.44. The van der Waals surface area contributed by atoms with Crippen LogP contribution in [-0.4, -0.2) is 57.3 Å². The number of rotatable bonds is 7. The Hall–Kier alpha value is -3.68. The Kier molecular flexibility index (Phi) is 6.77. The molecule has 0 amide bonds. The van der Waals surface area contributed by atoms with Crippen molar-refractivity contribution < 1.29 is 4.74 Å². The molecular weight excluding hydrogens is 484 g/mol. The third-order valence-corrected chi connectivity index (χ3v) is 8.43. The van der Waals surface area contributed by atoms with E-state index in [1.54, 1.807) is 0 Å². The average Bonchev–Trinajstić information content (AvgIpc) is 3.62. The molecule has 7 nitrogen and oxygen atoms in total. The fourth-order valence-corrected chi connectivity index (χ4v) is 6.28. The van der Waals surface area contributed by atoms with Crippen molar-refractivity contribution in [3.8, 4) is 11.5 Å². The van der Waals surface area contributed by atoms with Gasteiger partial charge >= 0.3 is 0 Å². The van der Waals surface area contributed by atoms with Crippen LogP contribution in [0.4, 0.5) is 5.69 Å². The highest BCUT2D eigenvalue weighted by atomic mass is 16.5. The summed E-state index contributed by atoms with van der Waals surface area (Å²) in [5.74, 6) is 0.797. The summed E-state index contributed by atoms with van der Waals surface area (Å²) in [6, 6.07) is 24.0. The number of nitrogens with zero attached hydrogens (tertiary/aromatic N) is 4. The Morgan fingerprint density at radius 2 is 1.62 bits per heavy atom. The Balaban J connectivity index is 1.04. The van der Waals surface area contributed by atoms with E-state index >= 15 is 0 Å². The van der Waals surface area contributed by atoms with Crippen molar-refractivity contribution in [2.24, 2.45) is 0 Å². The normalized spacial score (nSPS) is 17.4. The van der Waals surface area contributed by atoms with Gasteiger partial charge in [-0.15, -0.1) is 0 Å². The summed E-state index contributed by atoms with van der Waals surface area (Å²) >= 11 is 0. The van der Waals surface area contributed by atoms with E-state index in [4.69, 9.17) is 9.72 Å². The van der Waals surface area contributed by atoms with Crippen LogP contribution >= 0.6 is 0 Å². The lowest BCUT2D eigenvalue weighted by Crippen LogP contribution is -2.46. The highest BCUT2D eigenvalue weighted by molar-refractivity contribution is 5.93. The van der Waals surface area contributed by atoms with Gasteiger partial charge in [0.15, 0.2) is 5.82 Å². The van der Waals surface area contributed by atoms with Crippen LogP contribution in [0.3, 0.4) is 0 Å². The van der Waals surface area contributed by atoms with E-state index in [0.29, 0.717) is 13.2 Å². The van der Waals surface area contributed by atoms with Crippen LogP contribution < -0.4 is 4.90 Å². The zero-order valence-electron chi connectivity index (χ0n) is 22.4. The molecule has 0 bridgehead atoms. The van der Waals surface area contributed by atoms with E-state index in [9.17, 15) is 0 Å². The molecule has 2 fully saturated rings. The summed E-state index contributed by atoms with van der Waals surface area (Å²) < 4.78 is 5.92. The van der Waals surface area contributed by atoms with Crippen LogP contribution in [0.2, 0.25) is 0 Å². The zero-order valence-corrected chi connectivity index (χ0v) is 22.4. The van der Waals surface area contributed by atoms with Gasteiger partial charge in [0.2, 0.25) is 0 Å². The summed E-state index contributed by atoms with van der Waals surface area (Å²) in [6.07, 6.45) is 6.65. The highest BCUT2D eigenvalue weighted by Gasteiger charge is 2.26. The molecule has 0 unspecified atom stereocenters. The number of hydrogen-bond acceptors (Lipinski definition) is 5. The number of aromatic amines is 2. The van der Waals surface area contributed by atoms with Crippen LogP contribution in [0.25, 0.3) is 33.5 Å². The van der Waals surface area contributed by atoms with E-state index in [1.165, 1.54) is 56.4 Å². The van der Waals surface area contributed by atoms with Crippen molar-refractivity contribution in [1.82, 2.24) is 25.1 Å². The summed E-state index contributed by atoms with van der Waals surface area (Å²) in [4.78, 5) is 13.7. The Morgan fingerprint density at radius 3 is 2.46 bits per heavy atom. The second kappa shape index (κ2) is 10.8. The number of imidazole rings is 1. The van der Waals surface area contributed by atoms with Crippen LogP contribution in [0, 0.1) is 0 Å². The van der Waals surface area contributed by atoms with E-state index in [0.717, 1.165) is 58.1 Å². The average molecular weight is 521 g/mol. The van der Waals surface area contributed by atoms with Gasteiger partial charge in [0.1, 0.15) is 5.69 Å². The number of ether oxygens (including phenoxy) is 1. The molecule has 5 aromatic rings. The zero-order chi connectivity index (χ0) is 26.0. The first-order chi connectivity index (χ1) is 19.3. The lowest BCUT2D eigenvalue weighted by molar-refractivity contribution is 0.107. The fourth-order valence-electron chi connectivity index (χ4n) is 6.28. The molecular formula is C32H36N6O. The second-order valence-corrected chi connectivity index (χ2v) is 11.0. The maximum atomic E-state index is 5.92. The van der Waals surface area contributed by atoms with E-state index in [-0.39, 0.29) is 0 Å². The summed E-state index contributed by atoms with van der Waals surface area (Å²) in [7, 11) is 0. The third kappa shape index (κ3) is 5.16. The number of likely N-dealkylation sites (tertiary alicyclic amines) is 1. The Morgan fingerprint density at radius 1 is 0.795 bits per heavy atom. The maximum Gasteiger partial charge on any atom is 0.159 e. The van der Waals surface area contributed by atoms with Crippen LogP contribution in [-0.2, 0) is 18.0 Å². The van der Waals surface area contributed by atoms with Crippen molar-refractivity contribution in [3.05, 3.63) is 77.9 Å². The van der Waals surface area contributed by atoms with Crippen LogP contribution in [0.1, 0.15) is 43.2 Å². The van der Waals surface area contributed by atoms with E-state index in [1.807, 2.05) is 18.2 Å². The van der Waals surface area contributed by atoms with Gasteiger partial charge in [0.25, 0.3) is 0 Å². The molecule has 2 saturated heterocycles. The second-order valence-electron chi connectivity index (χ2n) is 11.0. The molecule has 7 heteroatoms. The molecule has 2 N–H and O–H groups in total. The quantitative estimate of drug-likeness (QED) is 0.264. The van der Waals surface area contributed by atoms with Gasteiger partial charge in [-0.2, -0.15) is 5.10 Å². The topological polar surface area (TPSA) is 73.1 Å². The van der Waals surface area contributed by atoms with Crippen LogP contribution in [0.15, 0.2) is 66.7 Å². The Bertz CT molecular complexity index is 1540. The molecule has 39 heavy (non-hydrogen) atoms. The molecule has 0 spiro atoms. The number of benzene rings is 3. The molecule has 7 rings (SSSR count). The van der Waals surface area contributed by atoms with Crippen molar-refractivity contribution in [3.63, 3.8) is 0 Å². The molecule has 0 saturated carbocycles. The van der Waals surface area contributed by atoms with E-state index in [2.05, 4.69) is 73.5 Å². The predicted molar refractivity (Wildman–Crippen MR) is 157 cm³/mol.